The Morgan fingerprint density at radius 3 is 2.34 bits per heavy atom. The summed E-state index contributed by atoms with van der Waals surface area (Å²) in [6.45, 7) is 15.1. The molecule has 174 valence electrons. The zero-order valence-electron chi connectivity index (χ0n) is 20.1. The molecule has 32 heavy (non-hydrogen) atoms. The highest BCUT2D eigenvalue weighted by Crippen LogP contribution is 2.43. The summed E-state index contributed by atoms with van der Waals surface area (Å²) in [7, 11) is 0. The molecule has 3 heterocycles. The Morgan fingerprint density at radius 1 is 1.19 bits per heavy atom. The van der Waals surface area contributed by atoms with Gasteiger partial charge >= 0.3 is 5.97 Å². The first-order valence-corrected chi connectivity index (χ1v) is 11.1. The topological polar surface area (TPSA) is 75.6 Å². The maximum absolute atomic E-state index is 13.9. The Balaban J connectivity index is 2.25. The molecule has 1 aliphatic heterocycles. The van der Waals surface area contributed by atoms with Crippen LogP contribution in [0, 0.1) is 25.2 Å². The minimum absolute atomic E-state index is 0.223. The van der Waals surface area contributed by atoms with Crippen molar-refractivity contribution in [2.45, 2.75) is 73.0 Å². The smallest absolute Gasteiger partial charge is 0.337 e. The zero-order chi connectivity index (χ0) is 23.8. The molecule has 1 unspecified atom stereocenters. The fourth-order valence-electron chi connectivity index (χ4n) is 4.10. The van der Waals surface area contributed by atoms with Crippen LogP contribution in [0.1, 0.15) is 70.4 Å². The fraction of sp³-hybridized carbons (Fsp3) is 0.560. The molecule has 3 rings (SSSR count). The van der Waals surface area contributed by atoms with Gasteiger partial charge in [-0.25, -0.2) is 9.78 Å². The number of rotatable bonds is 5. The number of hydrogen-bond donors (Lipinski definition) is 1. The second kappa shape index (κ2) is 8.77. The van der Waals surface area contributed by atoms with Crippen LogP contribution in [-0.4, -0.2) is 39.7 Å². The van der Waals surface area contributed by atoms with Crippen molar-refractivity contribution in [3.8, 4) is 11.1 Å². The van der Waals surface area contributed by atoms with Crippen molar-refractivity contribution in [3.05, 3.63) is 41.2 Å². The van der Waals surface area contributed by atoms with Crippen molar-refractivity contribution in [1.82, 2.24) is 9.97 Å². The van der Waals surface area contributed by atoms with Crippen LogP contribution >= 0.6 is 0 Å². The molecule has 1 aliphatic rings. The van der Waals surface area contributed by atoms with Crippen LogP contribution in [0.25, 0.3) is 11.1 Å². The highest BCUT2D eigenvalue weighted by Gasteiger charge is 2.35. The number of carbonyl (C=O) groups is 1. The number of aliphatic carboxylic acids is 1. The van der Waals surface area contributed by atoms with Crippen LogP contribution in [0.5, 0.6) is 0 Å². The van der Waals surface area contributed by atoms with Gasteiger partial charge in [0.05, 0.1) is 11.3 Å². The second-order valence-corrected chi connectivity index (χ2v) is 10.5. The normalized spacial score (nSPS) is 17.3. The number of ether oxygens (including phenoxy) is 1. The Hall–Kier alpha value is -2.54. The van der Waals surface area contributed by atoms with E-state index in [4.69, 9.17) is 4.74 Å². The average molecular weight is 444 g/mol. The van der Waals surface area contributed by atoms with E-state index in [0.717, 1.165) is 37.2 Å². The third kappa shape index (κ3) is 5.26. The van der Waals surface area contributed by atoms with Gasteiger partial charge in [0.15, 0.2) is 6.10 Å². The van der Waals surface area contributed by atoms with Crippen molar-refractivity contribution in [3.63, 3.8) is 0 Å². The molecule has 0 aromatic carbocycles. The number of carboxylic acid groups (broad SMARTS) is 1. The molecular formula is C25H34FN3O3. The van der Waals surface area contributed by atoms with Crippen molar-refractivity contribution in [2.24, 2.45) is 5.41 Å². The van der Waals surface area contributed by atoms with Crippen molar-refractivity contribution < 1.29 is 19.0 Å². The largest absolute Gasteiger partial charge is 0.479 e. The van der Waals surface area contributed by atoms with E-state index in [-0.39, 0.29) is 5.41 Å². The number of hydrogen-bond acceptors (Lipinski definition) is 5. The molecule has 0 amide bonds. The molecule has 1 N–H and O–H groups in total. The lowest BCUT2D eigenvalue weighted by Gasteiger charge is -2.41. The maximum atomic E-state index is 13.9. The third-order valence-electron chi connectivity index (χ3n) is 6.00. The van der Waals surface area contributed by atoms with E-state index in [1.165, 1.54) is 6.20 Å². The minimum atomic E-state index is -1.18. The summed E-state index contributed by atoms with van der Waals surface area (Å²) in [6, 6.07) is 1.73. The summed E-state index contributed by atoms with van der Waals surface area (Å²) in [5.74, 6) is -1.58. The number of pyridine rings is 2. The molecule has 0 bridgehead atoms. The SMILES string of the molecule is Cc1cc(-c2cnc(C)c(C(OC(C)(C)C)C(=O)O)c2N2CCC(C)(C)CC2)cnc1F. The van der Waals surface area contributed by atoms with E-state index < -0.39 is 23.6 Å². The van der Waals surface area contributed by atoms with Gasteiger partial charge in [0.2, 0.25) is 5.95 Å². The molecule has 0 radical (unpaired) electrons. The second-order valence-electron chi connectivity index (χ2n) is 10.5. The van der Waals surface area contributed by atoms with Crippen LogP contribution in [0.15, 0.2) is 18.5 Å². The zero-order valence-corrected chi connectivity index (χ0v) is 20.1. The number of aryl methyl sites for hydroxylation is 2. The van der Waals surface area contributed by atoms with Gasteiger partial charge in [-0.05, 0) is 58.9 Å². The molecule has 1 fully saturated rings. The van der Waals surface area contributed by atoms with Gasteiger partial charge in [0, 0.05) is 53.4 Å². The number of nitrogens with zero attached hydrogens (tertiary/aromatic N) is 3. The Labute approximate surface area is 189 Å². The molecule has 0 aliphatic carbocycles. The van der Waals surface area contributed by atoms with Crippen molar-refractivity contribution >= 4 is 11.7 Å². The van der Waals surface area contributed by atoms with Gasteiger partial charge in [0.1, 0.15) is 0 Å². The standard InChI is InChI=1S/C25H34FN3O3/c1-15-12-17(13-28-22(15)26)18-14-27-16(2)19(21(23(30)31)32-24(3,4)5)20(18)29-10-8-25(6,7)9-11-29/h12-14,21H,8-11H2,1-7H3,(H,30,31). The van der Waals surface area contributed by atoms with Crippen LogP contribution in [-0.2, 0) is 9.53 Å². The van der Waals surface area contributed by atoms with Crippen molar-refractivity contribution in [1.29, 1.82) is 0 Å². The Morgan fingerprint density at radius 2 is 1.81 bits per heavy atom. The number of anilines is 1. The summed E-state index contributed by atoms with van der Waals surface area (Å²) in [5, 5.41) is 10.1. The van der Waals surface area contributed by atoms with Crippen LogP contribution in [0.3, 0.4) is 0 Å². The van der Waals surface area contributed by atoms with Crippen LogP contribution in [0.2, 0.25) is 0 Å². The van der Waals surface area contributed by atoms with Crippen molar-refractivity contribution in [2.75, 3.05) is 18.0 Å². The predicted octanol–water partition coefficient (Wildman–Crippen LogP) is 5.47. The number of halogens is 1. The summed E-state index contributed by atoms with van der Waals surface area (Å²) < 4.78 is 19.9. The van der Waals surface area contributed by atoms with E-state index in [1.54, 1.807) is 19.2 Å². The average Bonchev–Trinajstić information content (AvgIpc) is 2.68. The number of carboxylic acids is 1. The lowest BCUT2D eigenvalue weighted by molar-refractivity contribution is -0.160. The van der Waals surface area contributed by atoms with E-state index in [1.807, 2.05) is 27.7 Å². The molecule has 2 aromatic rings. The third-order valence-corrected chi connectivity index (χ3v) is 6.00. The first-order chi connectivity index (χ1) is 14.8. The summed E-state index contributed by atoms with van der Waals surface area (Å²) >= 11 is 0. The molecule has 1 atom stereocenters. The molecule has 1 saturated heterocycles. The van der Waals surface area contributed by atoms with Crippen LogP contribution < -0.4 is 4.90 Å². The van der Waals surface area contributed by atoms with Gasteiger partial charge < -0.3 is 14.7 Å². The van der Waals surface area contributed by atoms with Crippen LogP contribution in [0.4, 0.5) is 10.1 Å². The monoisotopic (exact) mass is 443 g/mol. The molecule has 0 spiro atoms. The fourth-order valence-corrected chi connectivity index (χ4v) is 4.10. The quantitative estimate of drug-likeness (QED) is 0.618. The predicted molar refractivity (Wildman–Crippen MR) is 123 cm³/mol. The van der Waals surface area contributed by atoms with E-state index in [2.05, 4.69) is 28.7 Å². The molecular weight excluding hydrogens is 409 g/mol. The Kier molecular flexibility index (Phi) is 6.61. The lowest BCUT2D eigenvalue weighted by Crippen LogP contribution is -2.39. The van der Waals surface area contributed by atoms with E-state index in [9.17, 15) is 14.3 Å². The molecule has 0 saturated carbocycles. The lowest BCUT2D eigenvalue weighted by atomic mass is 9.82. The van der Waals surface area contributed by atoms with Gasteiger partial charge in [-0.3, -0.25) is 4.98 Å². The first-order valence-electron chi connectivity index (χ1n) is 11.1. The van der Waals surface area contributed by atoms with Gasteiger partial charge in [-0.2, -0.15) is 4.39 Å². The highest BCUT2D eigenvalue weighted by molar-refractivity contribution is 5.86. The van der Waals surface area contributed by atoms with Gasteiger partial charge in [-0.1, -0.05) is 13.8 Å². The number of aromatic nitrogens is 2. The minimum Gasteiger partial charge on any atom is -0.479 e. The molecule has 2 aromatic heterocycles. The van der Waals surface area contributed by atoms with Gasteiger partial charge in [0.25, 0.3) is 0 Å². The molecule has 6 nitrogen and oxygen atoms in total. The van der Waals surface area contributed by atoms with E-state index in [0.29, 0.717) is 22.4 Å². The maximum Gasteiger partial charge on any atom is 0.337 e. The number of piperidine rings is 1. The summed E-state index contributed by atoms with van der Waals surface area (Å²) in [5.41, 5.74) is 3.38. The van der Waals surface area contributed by atoms with Gasteiger partial charge in [-0.15, -0.1) is 0 Å². The Bertz CT molecular complexity index is 1000. The summed E-state index contributed by atoms with van der Waals surface area (Å²) in [6.07, 6.45) is 3.99. The summed E-state index contributed by atoms with van der Waals surface area (Å²) in [4.78, 5) is 23.0. The molecule has 7 heteroatoms. The highest BCUT2D eigenvalue weighted by atomic mass is 19.1. The first kappa shape index (κ1) is 24.1. The van der Waals surface area contributed by atoms with E-state index >= 15 is 0 Å².